The van der Waals surface area contributed by atoms with Gasteiger partial charge >= 0.3 is 0 Å². The third-order valence-electron chi connectivity index (χ3n) is 13.8. The van der Waals surface area contributed by atoms with Crippen molar-refractivity contribution in [2.24, 2.45) is 0 Å². The van der Waals surface area contributed by atoms with Crippen LogP contribution in [-0.2, 0) is 54.0 Å². The summed E-state index contributed by atoms with van der Waals surface area (Å²) in [6.45, 7) is 11.1. The summed E-state index contributed by atoms with van der Waals surface area (Å²) in [5.41, 5.74) is 11.0. The monoisotopic (exact) mass is 1160 g/mol. The van der Waals surface area contributed by atoms with Crippen LogP contribution in [0.2, 0.25) is 0 Å². The Morgan fingerprint density at radius 3 is 1.23 bits per heavy atom. The highest BCUT2D eigenvalue weighted by atomic mass is 16.5. The Morgan fingerprint density at radius 2 is 0.828 bits per heavy atom. The summed E-state index contributed by atoms with van der Waals surface area (Å²) in [7, 11) is 0. The molecule has 0 fully saturated rings. The number of aromatic hydroxyl groups is 1. The average molecular weight is 1160 g/mol. The van der Waals surface area contributed by atoms with Crippen LogP contribution in [0.4, 0.5) is 0 Å². The first kappa shape index (κ1) is 62.4. The van der Waals surface area contributed by atoms with E-state index in [0.29, 0.717) is 73.1 Å². The highest BCUT2D eigenvalue weighted by Gasteiger charge is 2.33. The number of hydrogen-bond acceptors (Lipinski definition) is 11. The molecule has 0 unspecified atom stereocenters. The summed E-state index contributed by atoms with van der Waals surface area (Å²) in [5, 5.41) is 10.7. The van der Waals surface area contributed by atoms with Crippen LogP contribution in [0, 0.1) is 27.2 Å². The molecule has 0 atom stereocenters. The second-order valence-electron chi connectivity index (χ2n) is 20.5. The maximum Gasteiger partial charge on any atom is 0.300 e. The number of carbonyl (C=O) groups excluding carboxylic acids is 4. The molecule has 11 nitrogen and oxygen atoms in total. The number of phenolic OH excluding ortho intramolecular Hbond substituents is 1. The summed E-state index contributed by atoms with van der Waals surface area (Å²) < 4.78 is 36.1. The van der Waals surface area contributed by atoms with Gasteiger partial charge in [-0.15, -0.1) is 0 Å². The molecule has 0 spiro atoms. The van der Waals surface area contributed by atoms with Gasteiger partial charge in [0.1, 0.15) is 63.0 Å². The van der Waals surface area contributed by atoms with E-state index in [-0.39, 0.29) is 40.8 Å². The molecule has 9 aromatic carbocycles. The van der Waals surface area contributed by atoms with Gasteiger partial charge in [-0.3, -0.25) is 19.2 Å². The predicted molar refractivity (Wildman–Crippen MR) is 340 cm³/mol. The van der Waals surface area contributed by atoms with Crippen LogP contribution in [0.3, 0.4) is 0 Å². The Bertz CT molecular complexity index is 3840. The van der Waals surface area contributed by atoms with Crippen molar-refractivity contribution in [3.63, 3.8) is 0 Å². The topological polar surface area (TPSA) is 144 Å². The van der Waals surface area contributed by atoms with Crippen molar-refractivity contribution in [1.82, 2.24) is 0 Å². The summed E-state index contributed by atoms with van der Waals surface area (Å²) in [6, 6.07) is 69.7. The van der Waals surface area contributed by atoms with E-state index in [1.807, 2.05) is 215 Å². The first-order valence-electron chi connectivity index (χ1n) is 28.4. The molecule has 0 saturated heterocycles. The number of carbonyl (C=O) groups is 4. The number of rotatable bonds is 23. The van der Waals surface area contributed by atoms with Crippen LogP contribution in [0.15, 0.2) is 247 Å². The lowest BCUT2D eigenvalue weighted by molar-refractivity contribution is -0.118. The van der Waals surface area contributed by atoms with E-state index in [2.05, 4.69) is 0 Å². The fourth-order valence-corrected chi connectivity index (χ4v) is 9.19. The minimum atomic E-state index is -0.365. The minimum Gasteiger partial charge on any atom is -0.507 e. The van der Waals surface area contributed by atoms with Crippen molar-refractivity contribution >= 4 is 29.7 Å². The molecular formula is C76H69O11+. The van der Waals surface area contributed by atoms with E-state index in [1.54, 1.807) is 43.7 Å². The summed E-state index contributed by atoms with van der Waals surface area (Å²) in [6.07, 6.45) is 7.20. The third-order valence-corrected chi connectivity index (χ3v) is 13.8. The van der Waals surface area contributed by atoms with Crippen molar-refractivity contribution in [2.75, 3.05) is 0 Å². The van der Waals surface area contributed by atoms with Gasteiger partial charge in [0.05, 0.1) is 18.1 Å². The molecule has 0 amide bonds. The van der Waals surface area contributed by atoms with E-state index in [1.165, 1.54) is 19.1 Å². The van der Waals surface area contributed by atoms with Crippen molar-refractivity contribution < 1.29 is 52.7 Å². The molecular weight excluding hydrogens is 1090 g/mol. The molecule has 0 radical (unpaired) electrons. The van der Waals surface area contributed by atoms with E-state index < -0.39 is 0 Å². The fourth-order valence-electron chi connectivity index (χ4n) is 9.19. The number of Topliss-reactive ketones (excluding diaryl/α,β-unsaturated/α-hetero) is 1. The zero-order valence-electron chi connectivity index (χ0n) is 49.4. The number of benzene rings is 9. The Balaban J connectivity index is 0.000000188. The van der Waals surface area contributed by atoms with Gasteiger partial charge in [0.25, 0.3) is 5.78 Å². The van der Waals surface area contributed by atoms with Gasteiger partial charge in [0, 0.05) is 23.6 Å². The minimum absolute atomic E-state index is 0.119. The Hall–Kier alpha value is -10.7. The number of hydrogen-bond donors (Lipinski definition) is 1. The standard InChI is InChI=1S/C38H34O5.C22H20O3.C16H15O3/c1-27-22-34(40)37(36(23-27)42-25-30-14-8-4-9-15-30)33(39)20-18-32-19-21-35(41-24-29-12-6-3-7-13-29)38(28(32)2)43-26-31-16-10-5-11-17-31;1-17-20(14-23)12-13-21(24-15-18-8-4-2-5-9-18)22(17)25-16-19-10-6-3-7-11-19;1-11-8-14(18)16(12(2)17)15(9-11)19-10-13-6-4-3-5-7-13/h3-23,40H,24-26H2,1-2H3;2-14H,15-16H2,1H3;3-9H,10H2,1-2H3/q;;+1/b20-18+;;. The lowest BCUT2D eigenvalue weighted by Gasteiger charge is -2.17. The van der Waals surface area contributed by atoms with Gasteiger partial charge in [0.15, 0.2) is 28.8 Å². The molecule has 10 rings (SSSR count). The molecule has 1 aliphatic carbocycles. The van der Waals surface area contributed by atoms with Gasteiger partial charge in [0.2, 0.25) is 17.1 Å². The summed E-state index contributed by atoms with van der Waals surface area (Å²) in [4.78, 5) is 48.0. The highest BCUT2D eigenvalue weighted by molar-refractivity contribution is 6.25. The van der Waals surface area contributed by atoms with E-state index in [4.69, 9.17) is 28.4 Å². The summed E-state index contributed by atoms with van der Waals surface area (Å²) >= 11 is 0. The Kier molecular flexibility index (Phi) is 22.8. The van der Waals surface area contributed by atoms with Crippen LogP contribution in [0.25, 0.3) is 6.08 Å². The van der Waals surface area contributed by atoms with Crippen molar-refractivity contribution in [3.8, 4) is 34.5 Å². The molecule has 9 aromatic rings. The zero-order valence-corrected chi connectivity index (χ0v) is 49.4. The van der Waals surface area contributed by atoms with E-state index in [0.717, 1.165) is 67.5 Å². The van der Waals surface area contributed by atoms with E-state index in [9.17, 15) is 24.3 Å². The number of phenols is 1. The van der Waals surface area contributed by atoms with Crippen LogP contribution >= 0.6 is 0 Å². The lowest BCUT2D eigenvalue weighted by atomic mass is 9.95. The molecule has 438 valence electrons. The van der Waals surface area contributed by atoms with Crippen LogP contribution < -0.4 is 23.7 Å². The second kappa shape index (κ2) is 31.9. The molecule has 0 aliphatic heterocycles. The van der Waals surface area contributed by atoms with Gasteiger partial charge in [-0.1, -0.05) is 194 Å². The maximum atomic E-state index is 13.4. The zero-order chi connectivity index (χ0) is 61.3. The first-order chi connectivity index (χ1) is 42.3. The van der Waals surface area contributed by atoms with Crippen LogP contribution in [0.5, 0.6) is 34.5 Å². The number of aryl methyl sites for hydroxylation is 1. The molecule has 0 heterocycles. The van der Waals surface area contributed by atoms with Gasteiger partial charge in [-0.05, 0) is 109 Å². The molecule has 0 saturated carbocycles. The third kappa shape index (κ3) is 18.4. The SMILES string of the molecule is CC(=O)C1=C(OCc2ccccc2)[CH+]C(C)=CC1=O.Cc1c(C=O)ccc(OCc2ccccc2)c1OCc1ccccc1.Cc1cc(O)c(C(=O)/C=C/c2ccc(OCc3ccccc3)c(OCc3ccccc3)c2C)c(OCc2ccccc2)c1. The normalized spacial score (nSPS) is 11.6. The molecule has 11 heteroatoms. The molecule has 0 aromatic heterocycles. The quantitative estimate of drug-likeness (QED) is 0.0215. The van der Waals surface area contributed by atoms with Gasteiger partial charge < -0.3 is 33.5 Å². The molecule has 1 aliphatic rings. The smallest absolute Gasteiger partial charge is 0.300 e. The maximum absolute atomic E-state index is 13.4. The van der Waals surface area contributed by atoms with Gasteiger partial charge in [-0.25, -0.2) is 0 Å². The highest BCUT2D eigenvalue weighted by Crippen LogP contribution is 2.37. The fraction of sp³-hybridized carbons (Fsp3) is 0.145. The predicted octanol–water partition coefficient (Wildman–Crippen LogP) is 16.4. The van der Waals surface area contributed by atoms with Crippen molar-refractivity contribution in [2.45, 2.75) is 74.3 Å². The average Bonchev–Trinajstić information content (AvgIpc) is 3.66. The van der Waals surface area contributed by atoms with E-state index >= 15 is 0 Å². The molecule has 1 N–H and O–H groups in total. The van der Waals surface area contributed by atoms with Gasteiger partial charge in [-0.2, -0.15) is 0 Å². The number of ether oxygens (including phenoxy) is 6. The summed E-state index contributed by atoms with van der Waals surface area (Å²) in [5.74, 6) is 2.15. The largest absolute Gasteiger partial charge is 0.507 e. The number of aldehydes is 1. The second-order valence-corrected chi connectivity index (χ2v) is 20.5. The first-order valence-corrected chi connectivity index (χ1v) is 28.4. The number of ketones is 3. The van der Waals surface area contributed by atoms with Crippen LogP contribution in [-0.4, -0.2) is 28.7 Å². The van der Waals surface area contributed by atoms with Crippen LogP contribution in [0.1, 0.15) is 90.2 Å². The molecule has 87 heavy (non-hydrogen) atoms. The lowest BCUT2D eigenvalue weighted by Crippen LogP contribution is -2.17. The van der Waals surface area contributed by atoms with Crippen molar-refractivity contribution in [3.05, 3.63) is 321 Å². The molecule has 0 bridgehead atoms. The Morgan fingerprint density at radius 1 is 0.460 bits per heavy atom. The Labute approximate surface area is 509 Å². The number of allylic oxidation sites excluding steroid dienone is 4. The van der Waals surface area contributed by atoms with Crippen molar-refractivity contribution in [1.29, 1.82) is 0 Å².